The monoisotopic (exact) mass is 574 g/mol. The molecule has 4 fully saturated rings. The van der Waals surface area contributed by atoms with E-state index in [9.17, 15) is 35.7 Å². The molecule has 0 bridgehead atoms. The molecule has 0 aromatic rings. The van der Waals surface area contributed by atoms with Crippen LogP contribution in [0.15, 0.2) is 12.2 Å². The van der Waals surface area contributed by atoms with Crippen LogP contribution >= 0.6 is 0 Å². The molecular weight excluding hydrogens is 524 g/mol. The topological polar surface area (TPSA) is 179 Å². The molecule has 232 valence electrons. The number of aliphatic hydroxyl groups excluding tert-OH is 7. The number of ether oxygens (including phenoxy) is 4. The fourth-order valence-electron chi connectivity index (χ4n) is 7.83. The van der Waals surface area contributed by atoms with Gasteiger partial charge in [0.05, 0.1) is 25.9 Å². The Morgan fingerprint density at radius 3 is 2.45 bits per heavy atom. The van der Waals surface area contributed by atoms with Crippen molar-refractivity contribution in [1.29, 1.82) is 0 Å². The van der Waals surface area contributed by atoms with Crippen molar-refractivity contribution in [2.75, 3.05) is 19.8 Å². The zero-order chi connectivity index (χ0) is 29.2. The zero-order valence-corrected chi connectivity index (χ0v) is 23.8. The molecule has 3 saturated carbocycles. The van der Waals surface area contributed by atoms with Crippen molar-refractivity contribution in [3.63, 3.8) is 0 Å². The smallest absolute Gasteiger partial charge is 0.209 e. The lowest BCUT2D eigenvalue weighted by Gasteiger charge is -2.57. The van der Waals surface area contributed by atoms with Gasteiger partial charge < -0.3 is 54.7 Å². The van der Waals surface area contributed by atoms with Gasteiger partial charge in [-0.05, 0) is 69.1 Å². The third-order valence-corrected chi connectivity index (χ3v) is 10.1. The Bertz CT molecular complexity index is 824. The van der Waals surface area contributed by atoms with E-state index in [2.05, 4.69) is 13.5 Å². The molecule has 1 saturated heterocycles. The molecule has 7 N–H and O–H groups in total. The largest absolute Gasteiger partial charge is 0.394 e. The number of fused-ring (bicyclic) bond motifs is 3. The summed E-state index contributed by atoms with van der Waals surface area (Å²) >= 11 is 0. The van der Waals surface area contributed by atoms with Gasteiger partial charge in [0.2, 0.25) is 12.6 Å². The molecule has 3 aliphatic carbocycles. The summed E-state index contributed by atoms with van der Waals surface area (Å²) in [5, 5.41) is 71.0. The summed E-state index contributed by atoms with van der Waals surface area (Å²) in [4.78, 5) is 0. The van der Waals surface area contributed by atoms with E-state index in [1.807, 2.05) is 0 Å². The third kappa shape index (κ3) is 6.75. The van der Waals surface area contributed by atoms with Crippen molar-refractivity contribution < 1.29 is 54.7 Å². The van der Waals surface area contributed by atoms with Crippen molar-refractivity contribution in [3.05, 3.63) is 12.2 Å². The van der Waals surface area contributed by atoms with E-state index < -0.39 is 68.7 Å². The van der Waals surface area contributed by atoms with Crippen LogP contribution in [0.2, 0.25) is 0 Å². The van der Waals surface area contributed by atoms with Crippen LogP contribution in [0.5, 0.6) is 0 Å². The Balaban J connectivity index is 1.52. The molecule has 0 spiro atoms. The Hall–Kier alpha value is -0.700. The van der Waals surface area contributed by atoms with Crippen molar-refractivity contribution in [2.45, 2.75) is 121 Å². The summed E-state index contributed by atoms with van der Waals surface area (Å²) in [6.07, 6.45) is -4.77. The summed E-state index contributed by atoms with van der Waals surface area (Å²) in [5.74, 6) is 2.43. The summed E-state index contributed by atoms with van der Waals surface area (Å²) in [5.41, 5.74) is 0.979. The SMILES string of the molecule is C=C1CC[C@H]2C3CCC[C@H](C)C3CC[C@]2(COC(OC(CO)C(C)O)C(O)OC2OC(CO)C(O)C(O)C2O)C1. The van der Waals surface area contributed by atoms with E-state index in [1.54, 1.807) is 0 Å². The van der Waals surface area contributed by atoms with E-state index >= 15 is 0 Å². The summed E-state index contributed by atoms with van der Waals surface area (Å²) in [6.45, 7) is 7.14. The van der Waals surface area contributed by atoms with Gasteiger partial charge in [-0.25, -0.2) is 0 Å². The molecule has 1 aliphatic heterocycles. The van der Waals surface area contributed by atoms with Crippen LogP contribution < -0.4 is 0 Å². The first-order chi connectivity index (χ1) is 19.0. The number of rotatable bonds is 11. The van der Waals surface area contributed by atoms with E-state index in [0.717, 1.165) is 32.1 Å². The normalized spacial score (nSPS) is 43.3. The molecule has 11 heteroatoms. The fraction of sp³-hybridized carbons (Fsp3) is 0.931. The lowest BCUT2D eigenvalue weighted by molar-refractivity contribution is -0.372. The standard InChI is InChI=1S/C29H50O11/c1-15-7-8-20-19-6-4-5-16(2)18(19)9-10-29(20,11-15)14-37-28(38-21(12-30)17(3)32)26(36)40-27-25(35)24(34)23(33)22(13-31)39-27/h16-28,30-36H,1,4-14H2,2-3H3/t16-,17?,18?,19?,20-,21?,22?,23?,24?,25?,26?,27?,28?,29+/m0/s1. The number of allylic oxidation sites excluding steroid dienone is 1. The molecule has 0 radical (unpaired) electrons. The molecule has 11 nitrogen and oxygen atoms in total. The van der Waals surface area contributed by atoms with Crippen LogP contribution in [0.1, 0.15) is 65.2 Å². The maximum Gasteiger partial charge on any atom is 0.209 e. The number of hydrogen-bond acceptors (Lipinski definition) is 11. The molecule has 0 aromatic carbocycles. The van der Waals surface area contributed by atoms with E-state index in [-0.39, 0.29) is 12.0 Å². The van der Waals surface area contributed by atoms with Crippen molar-refractivity contribution in [3.8, 4) is 0 Å². The Labute approximate surface area is 236 Å². The highest BCUT2D eigenvalue weighted by Crippen LogP contribution is 2.59. The number of hydrogen-bond donors (Lipinski definition) is 7. The molecule has 0 amide bonds. The first kappa shape index (κ1) is 32.2. The Morgan fingerprint density at radius 1 is 1.02 bits per heavy atom. The minimum atomic E-state index is -1.86. The average Bonchev–Trinajstić information content (AvgIpc) is 2.92. The van der Waals surface area contributed by atoms with Gasteiger partial charge in [-0.2, -0.15) is 0 Å². The molecular formula is C29H50O11. The highest BCUT2D eigenvalue weighted by molar-refractivity contribution is 5.12. The van der Waals surface area contributed by atoms with Gasteiger partial charge in [0, 0.05) is 5.41 Å². The Kier molecular flexibility index (Phi) is 11.1. The Morgan fingerprint density at radius 2 is 1.77 bits per heavy atom. The average molecular weight is 575 g/mol. The van der Waals surface area contributed by atoms with Crippen LogP contribution in [-0.2, 0) is 18.9 Å². The molecule has 1 heterocycles. The van der Waals surface area contributed by atoms with Gasteiger partial charge in [-0.15, -0.1) is 0 Å². The second-order valence-corrected chi connectivity index (χ2v) is 12.7. The highest BCUT2D eigenvalue weighted by Gasteiger charge is 2.53. The van der Waals surface area contributed by atoms with E-state index in [4.69, 9.17) is 18.9 Å². The van der Waals surface area contributed by atoms with E-state index in [0.29, 0.717) is 23.7 Å². The van der Waals surface area contributed by atoms with Gasteiger partial charge in [-0.3, -0.25) is 0 Å². The third-order valence-electron chi connectivity index (χ3n) is 10.1. The van der Waals surface area contributed by atoms with Crippen LogP contribution in [0, 0.1) is 29.1 Å². The predicted molar refractivity (Wildman–Crippen MR) is 142 cm³/mol. The zero-order valence-electron chi connectivity index (χ0n) is 23.8. The summed E-state index contributed by atoms with van der Waals surface area (Å²) in [7, 11) is 0. The van der Waals surface area contributed by atoms with Crippen molar-refractivity contribution >= 4 is 0 Å². The first-order valence-corrected chi connectivity index (χ1v) is 14.9. The predicted octanol–water partition coefficient (Wildman–Crippen LogP) is 0.411. The maximum atomic E-state index is 11.1. The summed E-state index contributed by atoms with van der Waals surface area (Å²) < 4.78 is 22.9. The van der Waals surface area contributed by atoms with Gasteiger partial charge in [0.1, 0.15) is 30.5 Å². The lowest BCUT2D eigenvalue weighted by Crippen LogP contribution is -2.60. The summed E-state index contributed by atoms with van der Waals surface area (Å²) in [6, 6.07) is 0. The fourth-order valence-corrected chi connectivity index (χ4v) is 7.83. The van der Waals surface area contributed by atoms with Crippen LogP contribution in [0.4, 0.5) is 0 Å². The molecule has 40 heavy (non-hydrogen) atoms. The second kappa shape index (κ2) is 13.7. The van der Waals surface area contributed by atoms with Gasteiger partial charge in [0.25, 0.3) is 0 Å². The molecule has 11 unspecified atom stereocenters. The van der Waals surface area contributed by atoms with E-state index in [1.165, 1.54) is 31.8 Å². The minimum Gasteiger partial charge on any atom is -0.394 e. The maximum absolute atomic E-state index is 11.1. The molecule has 4 aliphatic rings. The molecule has 4 rings (SSSR count). The quantitative estimate of drug-likeness (QED) is 0.134. The van der Waals surface area contributed by atoms with Gasteiger partial charge in [0.15, 0.2) is 6.29 Å². The minimum absolute atomic E-state index is 0.197. The number of aliphatic hydroxyl groups is 7. The highest BCUT2D eigenvalue weighted by atomic mass is 16.8. The molecule has 0 aromatic heterocycles. The van der Waals surface area contributed by atoms with Crippen LogP contribution in [0.3, 0.4) is 0 Å². The van der Waals surface area contributed by atoms with Crippen LogP contribution in [0.25, 0.3) is 0 Å². The molecule has 14 atom stereocenters. The first-order valence-electron chi connectivity index (χ1n) is 14.9. The second-order valence-electron chi connectivity index (χ2n) is 12.7. The van der Waals surface area contributed by atoms with Crippen molar-refractivity contribution in [1.82, 2.24) is 0 Å². The lowest BCUT2D eigenvalue weighted by atomic mass is 9.49. The van der Waals surface area contributed by atoms with Gasteiger partial charge >= 0.3 is 0 Å². The van der Waals surface area contributed by atoms with Gasteiger partial charge in [-0.1, -0.05) is 31.9 Å². The van der Waals surface area contributed by atoms with Crippen molar-refractivity contribution in [2.24, 2.45) is 29.1 Å². The van der Waals surface area contributed by atoms with Crippen LogP contribution in [-0.4, -0.2) is 111 Å².